The number of nitrogens with one attached hydrogen (secondary N) is 2. The Morgan fingerprint density at radius 1 is 1.05 bits per heavy atom. The highest BCUT2D eigenvalue weighted by molar-refractivity contribution is 9.10. The van der Waals surface area contributed by atoms with Gasteiger partial charge in [0.25, 0.3) is 5.91 Å². The fourth-order valence-electron chi connectivity index (χ4n) is 2.33. The minimum Gasteiger partial charge on any atom is -0.340 e. The number of hydrogen-bond donors (Lipinski definition) is 2. The highest BCUT2D eigenvalue weighted by Crippen LogP contribution is 2.23. The lowest BCUT2D eigenvalue weighted by molar-refractivity contribution is -0.117. The van der Waals surface area contributed by atoms with Crippen LogP contribution in [-0.2, 0) is 11.2 Å². The first-order chi connectivity index (χ1) is 10.1. The maximum atomic E-state index is 12.3. The molecule has 0 saturated heterocycles. The van der Waals surface area contributed by atoms with Gasteiger partial charge in [0.2, 0.25) is 5.91 Å². The SMILES string of the molecule is O=C1NC(Cc2ccccc2)C(=O)Nc2ccc(Br)cc21. The Morgan fingerprint density at radius 3 is 2.57 bits per heavy atom. The number of rotatable bonds is 2. The van der Waals surface area contributed by atoms with Crippen molar-refractivity contribution < 1.29 is 9.59 Å². The lowest BCUT2D eigenvalue weighted by Gasteiger charge is -2.14. The summed E-state index contributed by atoms with van der Waals surface area (Å²) in [6.45, 7) is 0. The van der Waals surface area contributed by atoms with Crippen LogP contribution in [0.5, 0.6) is 0 Å². The van der Waals surface area contributed by atoms with E-state index in [1.54, 1.807) is 18.2 Å². The number of anilines is 1. The van der Waals surface area contributed by atoms with Crippen molar-refractivity contribution in [3.63, 3.8) is 0 Å². The van der Waals surface area contributed by atoms with Crippen LogP contribution in [0.15, 0.2) is 53.0 Å². The first-order valence-electron chi connectivity index (χ1n) is 6.59. The Hall–Kier alpha value is -2.14. The first-order valence-corrected chi connectivity index (χ1v) is 7.38. The van der Waals surface area contributed by atoms with E-state index in [-0.39, 0.29) is 11.8 Å². The summed E-state index contributed by atoms with van der Waals surface area (Å²) < 4.78 is 0.798. The van der Waals surface area contributed by atoms with E-state index in [1.165, 1.54) is 0 Å². The zero-order valence-electron chi connectivity index (χ0n) is 11.1. The van der Waals surface area contributed by atoms with E-state index in [0.29, 0.717) is 17.7 Å². The predicted octanol–water partition coefficient (Wildman–Crippen LogP) is 2.74. The topological polar surface area (TPSA) is 58.2 Å². The van der Waals surface area contributed by atoms with E-state index >= 15 is 0 Å². The van der Waals surface area contributed by atoms with Gasteiger partial charge in [0.05, 0.1) is 11.3 Å². The summed E-state index contributed by atoms with van der Waals surface area (Å²) in [7, 11) is 0. The van der Waals surface area contributed by atoms with Crippen LogP contribution in [0.4, 0.5) is 5.69 Å². The van der Waals surface area contributed by atoms with E-state index in [2.05, 4.69) is 26.6 Å². The second kappa shape index (κ2) is 5.69. The molecular formula is C16H13BrN2O2. The van der Waals surface area contributed by atoms with Crippen LogP contribution in [0, 0.1) is 0 Å². The number of hydrogen-bond acceptors (Lipinski definition) is 2. The Bertz CT molecular complexity index is 701. The maximum Gasteiger partial charge on any atom is 0.254 e. The normalized spacial score (nSPS) is 17.5. The predicted molar refractivity (Wildman–Crippen MR) is 84.2 cm³/mol. The maximum absolute atomic E-state index is 12.3. The molecule has 1 aliphatic rings. The molecule has 1 unspecified atom stereocenters. The number of fused-ring (bicyclic) bond motifs is 1. The monoisotopic (exact) mass is 344 g/mol. The van der Waals surface area contributed by atoms with Gasteiger partial charge in [-0.3, -0.25) is 9.59 Å². The molecule has 0 spiro atoms. The molecule has 106 valence electrons. The Labute approximate surface area is 130 Å². The summed E-state index contributed by atoms with van der Waals surface area (Å²) >= 11 is 3.33. The summed E-state index contributed by atoms with van der Waals surface area (Å²) in [6, 6.07) is 14.3. The molecule has 2 aromatic carbocycles. The van der Waals surface area contributed by atoms with Gasteiger partial charge in [-0.25, -0.2) is 0 Å². The second-order valence-electron chi connectivity index (χ2n) is 4.89. The van der Waals surface area contributed by atoms with Crippen LogP contribution in [0.3, 0.4) is 0 Å². The Morgan fingerprint density at radius 2 is 1.81 bits per heavy atom. The van der Waals surface area contributed by atoms with Gasteiger partial charge < -0.3 is 10.6 Å². The zero-order valence-corrected chi connectivity index (χ0v) is 12.7. The number of carbonyl (C=O) groups excluding carboxylic acids is 2. The van der Waals surface area contributed by atoms with Gasteiger partial charge in [0, 0.05) is 10.9 Å². The molecule has 0 saturated carbocycles. The van der Waals surface area contributed by atoms with Crippen molar-refractivity contribution in [1.29, 1.82) is 0 Å². The lowest BCUT2D eigenvalue weighted by Crippen LogP contribution is -2.42. The van der Waals surface area contributed by atoms with E-state index in [9.17, 15) is 9.59 Å². The van der Waals surface area contributed by atoms with Crippen molar-refractivity contribution in [2.75, 3.05) is 5.32 Å². The van der Waals surface area contributed by atoms with Crippen molar-refractivity contribution >= 4 is 33.4 Å². The molecule has 0 aromatic heterocycles. The molecule has 0 radical (unpaired) electrons. The number of benzene rings is 2. The third-order valence-corrected chi connectivity index (χ3v) is 3.88. The zero-order chi connectivity index (χ0) is 14.8. The van der Waals surface area contributed by atoms with Crippen LogP contribution in [0.2, 0.25) is 0 Å². The largest absolute Gasteiger partial charge is 0.340 e. The second-order valence-corrected chi connectivity index (χ2v) is 5.81. The molecule has 1 heterocycles. The summed E-state index contributed by atoms with van der Waals surface area (Å²) in [5, 5.41) is 5.60. The van der Waals surface area contributed by atoms with Crippen molar-refractivity contribution in [2.24, 2.45) is 0 Å². The average molecular weight is 345 g/mol. The van der Waals surface area contributed by atoms with Crippen LogP contribution in [-0.4, -0.2) is 17.9 Å². The molecule has 3 rings (SSSR count). The minimum atomic E-state index is -0.578. The van der Waals surface area contributed by atoms with Crippen LogP contribution >= 0.6 is 15.9 Å². The quantitative estimate of drug-likeness (QED) is 0.879. The van der Waals surface area contributed by atoms with Crippen molar-refractivity contribution in [2.45, 2.75) is 12.5 Å². The fraction of sp³-hybridized carbons (Fsp3) is 0.125. The molecule has 2 N–H and O–H groups in total. The minimum absolute atomic E-state index is 0.201. The van der Waals surface area contributed by atoms with Crippen LogP contribution in [0.1, 0.15) is 15.9 Å². The summed E-state index contributed by atoms with van der Waals surface area (Å²) in [5.41, 5.74) is 2.01. The van der Waals surface area contributed by atoms with Crippen LogP contribution in [0.25, 0.3) is 0 Å². The van der Waals surface area contributed by atoms with Crippen molar-refractivity contribution in [3.05, 3.63) is 64.1 Å². The summed E-state index contributed by atoms with van der Waals surface area (Å²) in [4.78, 5) is 24.6. The molecule has 1 aliphatic heterocycles. The van der Waals surface area contributed by atoms with Crippen LogP contribution < -0.4 is 10.6 Å². The average Bonchev–Trinajstić information content (AvgIpc) is 2.59. The Kier molecular flexibility index (Phi) is 3.75. The smallest absolute Gasteiger partial charge is 0.254 e. The first kappa shape index (κ1) is 13.8. The molecule has 5 heteroatoms. The van der Waals surface area contributed by atoms with Gasteiger partial charge in [-0.2, -0.15) is 0 Å². The molecular weight excluding hydrogens is 332 g/mol. The fourth-order valence-corrected chi connectivity index (χ4v) is 2.69. The number of amides is 2. The Balaban J connectivity index is 1.87. The number of carbonyl (C=O) groups is 2. The van der Waals surface area contributed by atoms with E-state index in [4.69, 9.17) is 0 Å². The molecule has 2 amide bonds. The molecule has 0 aliphatic carbocycles. The standard InChI is InChI=1S/C16H13BrN2O2/c17-11-6-7-13-12(9-11)15(20)19-14(16(21)18-13)8-10-4-2-1-3-5-10/h1-7,9,14H,8H2,(H,18,21)(H,19,20). The van der Waals surface area contributed by atoms with Gasteiger partial charge in [-0.15, -0.1) is 0 Å². The van der Waals surface area contributed by atoms with Gasteiger partial charge in [-0.1, -0.05) is 46.3 Å². The molecule has 2 aromatic rings. The lowest BCUT2D eigenvalue weighted by atomic mass is 10.1. The van der Waals surface area contributed by atoms with Crippen molar-refractivity contribution in [1.82, 2.24) is 5.32 Å². The van der Waals surface area contributed by atoms with E-state index in [1.807, 2.05) is 30.3 Å². The highest BCUT2D eigenvalue weighted by Gasteiger charge is 2.27. The summed E-state index contributed by atoms with van der Waals surface area (Å²) in [6.07, 6.45) is 0.466. The number of halogens is 1. The molecule has 0 bridgehead atoms. The van der Waals surface area contributed by atoms with Gasteiger partial charge in [-0.05, 0) is 23.8 Å². The third kappa shape index (κ3) is 2.97. The highest BCUT2D eigenvalue weighted by atomic mass is 79.9. The summed E-state index contributed by atoms with van der Waals surface area (Å²) in [5.74, 6) is -0.446. The van der Waals surface area contributed by atoms with E-state index < -0.39 is 6.04 Å². The van der Waals surface area contributed by atoms with Gasteiger partial charge in [0.15, 0.2) is 0 Å². The molecule has 0 fully saturated rings. The van der Waals surface area contributed by atoms with Gasteiger partial charge >= 0.3 is 0 Å². The molecule has 1 atom stereocenters. The molecule has 4 nitrogen and oxygen atoms in total. The van der Waals surface area contributed by atoms with Crippen molar-refractivity contribution in [3.8, 4) is 0 Å². The molecule has 21 heavy (non-hydrogen) atoms. The van der Waals surface area contributed by atoms with Gasteiger partial charge in [0.1, 0.15) is 6.04 Å². The third-order valence-electron chi connectivity index (χ3n) is 3.39. The van der Waals surface area contributed by atoms with E-state index in [0.717, 1.165) is 10.0 Å².